The molecule has 0 aromatic heterocycles. The third-order valence-corrected chi connectivity index (χ3v) is 4.03. The average Bonchev–Trinajstić information content (AvgIpc) is 2.65. The highest BCUT2D eigenvalue weighted by atomic mass is 16.1. The molecule has 0 aliphatic carbocycles. The molecule has 0 spiro atoms. The Morgan fingerprint density at radius 1 is 0.920 bits per heavy atom. The molecule has 3 aromatic rings. The average molecular weight is 330 g/mol. The van der Waals surface area contributed by atoms with Crippen LogP contribution in [0.25, 0.3) is 16.8 Å². The van der Waals surface area contributed by atoms with Crippen molar-refractivity contribution < 1.29 is 4.79 Å². The summed E-state index contributed by atoms with van der Waals surface area (Å²) < 4.78 is 0. The van der Waals surface area contributed by atoms with Crippen LogP contribution in [0, 0.1) is 6.92 Å². The molecule has 3 aromatic carbocycles. The van der Waals surface area contributed by atoms with Gasteiger partial charge in [0.15, 0.2) is 0 Å². The monoisotopic (exact) mass is 330 g/mol. The standard InChI is InChI=1S/C22H22N2O/c1-17-9-11-18(12-10-17)13-14-22(25)24-16-15-23-21-8-4-6-19-5-2-3-7-20(19)21/h2-14,23H,15-16H2,1H3,(H,24,25)/b14-13+. The first-order valence-corrected chi connectivity index (χ1v) is 8.46. The number of fused-ring (bicyclic) bond motifs is 1. The van der Waals surface area contributed by atoms with Crippen LogP contribution in [0.2, 0.25) is 0 Å². The minimum absolute atomic E-state index is 0.0831. The van der Waals surface area contributed by atoms with E-state index in [1.807, 2.05) is 55.5 Å². The van der Waals surface area contributed by atoms with Gasteiger partial charge in [0, 0.05) is 30.2 Å². The second-order valence-electron chi connectivity index (χ2n) is 5.99. The van der Waals surface area contributed by atoms with Crippen molar-refractivity contribution in [2.75, 3.05) is 18.4 Å². The van der Waals surface area contributed by atoms with E-state index in [1.165, 1.54) is 16.3 Å². The number of rotatable bonds is 6. The van der Waals surface area contributed by atoms with Crippen LogP contribution in [0.15, 0.2) is 72.8 Å². The van der Waals surface area contributed by atoms with Gasteiger partial charge >= 0.3 is 0 Å². The van der Waals surface area contributed by atoms with E-state index in [9.17, 15) is 4.79 Å². The van der Waals surface area contributed by atoms with Gasteiger partial charge in [-0.25, -0.2) is 0 Å². The molecular formula is C22H22N2O. The molecule has 3 nitrogen and oxygen atoms in total. The highest BCUT2D eigenvalue weighted by molar-refractivity contribution is 5.94. The Bertz CT molecular complexity index is 877. The summed E-state index contributed by atoms with van der Waals surface area (Å²) in [5.74, 6) is -0.0831. The maximum atomic E-state index is 11.9. The number of hydrogen-bond donors (Lipinski definition) is 2. The molecule has 0 fully saturated rings. The van der Waals surface area contributed by atoms with Gasteiger partial charge in [0.2, 0.25) is 5.91 Å². The fourth-order valence-corrected chi connectivity index (χ4v) is 2.67. The summed E-state index contributed by atoms with van der Waals surface area (Å²) in [7, 11) is 0. The number of amides is 1. The van der Waals surface area contributed by atoms with Gasteiger partial charge in [0.25, 0.3) is 0 Å². The third-order valence-electron chi connectivity index (χ3n) is 4.03. The van der Waals surface area contributed by atoms with Crippen molar-refractivity contribution in [1.29, 1.82) is 0 Å². The number of carbonyl (C=O) groups is 1. The summed E-state index contributed by atoms with van der Waals surface area (Å²) in [4.78, 5) is 11.9. The fraction of sp³-hybridized carbons (Fsp3) is 0.136. The Morgan fingerprint density at radius 3 is 2.52 bits per heavy atom. The van der Waals surface area contributed by atoms with Gasteiger partial charge in [-0.2, -0.15) is 0 Å². The molecule has 0 aliphatic rings. The van der Waals surface area contributed by atoms with Gasteiger partial charge < -0.3 is 10.6 Å². The van der Waals surface area contributed by atoms with Crippen LogP contribution < -0.4 is 10.6 Å². The summed E-state index contributed by atoms with van der Waals surface area (Å²) in [6.45, 7) is 3.29. The number of anilines is 1. The maximum absolute atomic E-state index is 11.9. The number of aryl methyl sites for hydroxylation is 1. The summed E-state index contributed by atoms with van der Waals surface area (Å²) in [5, 5.41) is 8.68. The predicted molar refractivity (Wildman–Crippen MR) is 106 cm³/mol. The Labute approximate surface area is 148 Å². The lowest BCUT2D eigenvalue weighted by molar-refractivity contribution is -0.116. The topological polar surface area (TPSA) is 41.1 Å². The van der Waals surface area contributed by atoms with Crippen LogP contribution in [0.3, 0.4) is 0 Å². The van der Waals surface area contributed by atoms with Gasteiger partial charge in [0.05, 0.1) is 0 Å². The van der Waals surface area contributed by atoms with E-state index in [2.05, 4.69) is 34.9 Å². The van der Waals surface area contributed by atoms with Crippen LogP contribution in [0.4, 0.5) is 5.69 Å². The van der Waals surface area contributed by atoms with E-state index in [1.54, 1.807) is 6.08 Å². The summed E-state index contributed by atoms with van der Waals surface area (Å²) >= 11 is 0. The molecule has 0 radical (unpaired) electrons. The van der Waals surface area contributed by atoms with Crippen molar-refractivity contribution in [3.05, 3.63) is 83.9 Å². The molecule has 1 amide bonds. The highest BCUT2D eigenvalue weighted by Crippen LogP contribution is 2.22. The van der Waals surface area contributed by atoms with Crippen LogP contribution in [0.1, 0.15) is 11.1 Å². The van der Waals surface area contributed by atoms with Gasteiger partial charge in [-0.3, -0.25) is 4.79 Å². The van der Waals surface area contributed by atoms with Gasteiger partial charge in [-0.15, -0.1) is 0 Å². The van der Waals surface area contributed by atoms with Crippen molar-refractivity contribution >= 4 is 28.4 Å². The smallest absolute Gasteiger partial charge is 0.244 e. The van der Waals surface area contributed by atoms with Crippen molar-refractivity contribution in [2.24, 2.45) is 0 Å². The molecule has 0 saturated heterocycles. The Kier molecular flexibility index (Phi) is 5.47. The van der Waals surface area contributed by atoms with Gasteiger partial charge in [-0.1, -0.05) is 66.2 Å². The molecule has 3 heteroatoms. The van der Waals surface area contributed by atoms with Crippen LogP contribution >= 0.6 is 0 Å². The number of hydrogen-bond acceptors (Lipinski definition) is 2. The van der Waals surface area contributed by atoms with E-state index in [4.69, 9.17) is 0 Å². The van der Waals surface area contributed by atoms with E-state index in [0.29, 0.717) is 13.1 Å². The van der Waals surface area contributed by atoms with E-state index >= 15 is 0 Å². The van der Waals surface area contributed by atoms with Crippen LogP contribution in [-0.2, 0) is 4.79 Å². The molecular weight excluding hydrogens is 308 g/mol. The quantitative estimate of drug-likeness (QED) is 0.520. The number of benzene rings is 3. The van der Waals surface area contributed by atoms with Crippen LogP contribution in [-0.4, -0.2) is 19.0 Å². The molecule has 3 rings (SSSR count). The first-order chi connectivity index (χ1) is 12.2. The Balaban J connectivity index is 1.48. The van der Waals surface area contributed by atoms with Crippen LogP contribution in [0.5, 0.6) is 0 Å². The normalized spacial score (nSPS) is 10.9. The van der Waals surface area contributed by atoms with E-state index < -0.39 is 0 Å². The molecule has 0 unspecified atom stereocenters. The summed E-state index contributed by atoms with van der Waals surface area (Å²) in [6, 6.07) is 22.5. The molecule has 0 bridgehead atoms. The number of carbonyl (C=O) groups excluding carboxylic acids is 1. The van der Waals surface area contributed by atoms with E-state index in [-0.39, 0.29) is 5.91 Å². The Morgan fingerprint density at radius 2 is 1.68 bits per heavy atom. The van der Waals surface area contributed by atoms with Gasteiger partial charge in [-0.05, 0) is 30.0 Å². The lowest BCUT2D eigenvalue weighted by Crippen LogP contribution is -2.27. The SMILES string of the molecule is Cc1ccc(/C=C/C(=O)NCCNc2cccc3ccccc23)cc1. The first-order valence-electron chi connectivity index (χ1n) is 8.46. The number of nitrogens with one attached hydrogen (secondary N) is 2. The second-order valence-corrected chi connectivity index (χ2v) is 5.99. The molecule has 126 valence electrons. The van der Waals surface area contributed by atoms with Crippen molar-refractivity contribution in [2.45, 2.75) is 6.92 Å². The molecule has 0 saturated carbocycles. The lowest BCUT2D eigenvalue weighted by atomic mass is 10.1. The van der Waals surface area contributed by atoms with Gasteiger partial charge in [0.1, 0.15) is 0 Å². The maximum Gasteiger partial charge on any atom is 0.244 e. The minimum atomic E-state index is -0.0831. The molecule has 2 N–H and O–H groups in total. The molecule has 0 aliphatic heterocycles. The lowest BCUT2D eigenvalue weighted by Gasteiger charge is -2.10. The van der Waals surface area contributed by atoms with Crippen molar-refractivity contribution in [3.8, 4) is 0 Å². The summed E-state index contributed by atoms with van der Waals surface area (Å²) in [5.41, 5.74) is 3.32. The molecule has 25 heavy (non-hydrogen) atoms. The largest absolute Gasteiger partial charge is 0.383 e. The zero-order chi connectivity index (χ0) is 17.5. The summed E-state index contributed by atoms with van der Waals surface area (Å²) in [6.07, 6.45) is 3.40. The first kappa shape index (κ1) is 16.8. The zero-order valence-electron chi connectivity index (χ0n) is 14.3. The minimum Gasteiger partial charge on any atom is -0.383 e. The Hall–Kier alpha value is -3.07. The highest BCUT2D eigenvalue weighted by Gasteiger charge is 2.00. The van der Waals surface area contributed by atoms with Crippen molar-refractivity contribution in [3.63, 3.8) is 0 Å². The zero-order valence-corrected chi connectivity index (χ0v) is 14.3. The van der Waals surface area contributed by atoms with E-state index in [0.717, 1.165) is 11.3 Å². The molecule has 0 heterocycles. The fourth-order valence-electron chi connectivity index (χ4n) is 2.67. The molecule has 0 atom stereocenters. The van der Waals surface area contributed by atoms with Crippen molar-refractivity contribution in [1.82, 2.24) is 5.32 Å². The second kappa shape index (κ2) is 8.15. The predicted octanol–water partition coefficient (Wildman–Crippen LogP) is 4.39. The third kappa shape index (κ3) is 4.70.